The molecule has 3 N–H and O–H groups in total. The van der Waals surface area contributed by atoms with Gasteiger partial charge in [0.05, 0.1) is 11.5 Å². The molecule has 4 aromatic heterocycles. The van der Waals surface area contributed by atoms with Gasteiger partial charge in [-0.05, 0) is 25.1 Å². The van der Waals surface area contributed by atoms with Crippen LogP contribution in [0.3, 0.4) is 0 Å². The number of aromatic amines is 1. The summed E-state index contributed by atoms with van der Waals surface area (Å²) in [6.45, 7) is 2.09. The first-order chi connectivity index (χ1) is 14.6. The van der Waals surface area contributed by atoms with Gasteiger partial charge in [-0.1, -0.05) is 18.2 Å². The summed E-state index contributed by atoms with van der Waals surface area (Å²) in [5.41, 5.74) is 2.01. The maximum atomic E-state index is 12.7. The lowest BCUT2D eigenvalue weighted by molar-refractivity contribution is 0.208. The number of H-pyrrole nitrogens is 1. The first-order valence-corrected chi connectivity index (χ1v) is 10.2. The molecule has 0 saturated heterocycles. The zero-order valence-electron chi connectivity index (χ0n) is 15.9. The molecule has 0 aliphatic heterocycles. The van der Waals surface area contributed by atoms with E-state index in [1.165, 1.54) is 11.3 Å². The molecule has 0 amide bonds. The standard InChI is InChI=1S/C21H17N5O3S/c1-11(27)9-23-21-24-14(10-30-21)18-17-13(6-7-22-18)20(28)26-19(25-17)16-8-12-4-2-3-5-15(12)29-16/h2-8,10-11,27H,9H2,1H3,(H,23,24)(H,25,26,28)/t11-/m0/s1. The second-order valence-corrected chi connectivity index (χ2v) is 7.74. The van der Waals surface area contributed by atoms with E-state index in [9.17, 15) is 9.90 Å². The lowest BCUT2D eigenvalue weighted by Gasteiger charge is -2.05. The van der Waals surface area contributed by atoms with Crippen LogP contribution in [0.25, 0.3) is 44.8 Å². The highest BCUT2D eigenvalue weighted by molar-refractivity contribution is 7.14. The number of para-hydroxylation sites is 1. The molecule has 0 radical (unpaired) electrons. The molecule has 0 saturated carbocycles. The van der Waals surface area contributed by atoms with Crippen molar-refractivity contribution in [2.75, 3.05) is 11.9 Å². The van der Waals surface area contributed by atoms with Crippen molar-refractivity contribution in [3.05, 3.63) is 58.3 Å². The van der Waals surface area contributed by atoms with Crippen molar-refractivity contribution in [3.63, 3.8) is 0 Å². The molecule has 0 spiro atoms. The van der Waals surface area contributed by atoms with Gasteiger partial charge in [0, 0.05) is 23.5 Å². The fraction of sp³-hybridized carbons (Fsp3) is 0.143. The number of rotatable bonds is 5. The van der Waals surface area contributed by atoms with E-state index in [1.54, 1.807) is 19.2 Å². The van der Waals surface area contributed by atoms with E-state index in [-0.39, 0.29) is 5.56 Å². The van der Waals surface area contributed by atoms with Crippen molar-refractivity contribution in [2.24, 2.45) is 0 Å². The van der Waals surface area contributed by atoms with Crippen LogP contribution in [0.5, 0.6) is 0 Å². The Balaban J connectivity index is 1.62. The summed E-state index contributed by atoms with van der Waals surface area (Å²) >= 11 is 1.40. The van der Waals surface area contributed by atoms with Gasteiger partial charge in [0.2, 0.25) is 0 Å². The van der Waals surface area contributed by atoms with Crippen LogP contribution in [0.4, 0.5) is 5.13 Å². The van der Waals surface area contributed by atoms with Crippen molar-refractivity contribution >= 4 is 38.3 Å². The van der Waals surface area contributed by atoms with Gasteiger partial charge in [0.25, 0.3) is 5.56 Å². The van der Waals surface area contributed by atoms with Gasteiger partial charge in [-0.3, -0.25) is 9.78 Å². The van der Waals surface area contributed by atoms with Gasteiger partial charge in [0.1, 0.15) is 22.5 Å². The summed E-state index contributed by atoms with van der Waals surface area (Å²) in [5.74, 6) is 0.809. The zero-order chi connectivity index (χ0) is 20.7. The van der Waals surface area contributed by atoms with E-state index in [4.69, 9.17) is 4.42 Å². The SMILES string of the molecule is C[C@H](O)CNc1nc(-c2nccc3c(=O)[nH]c(-c4cc5ccccc5o4)nc23)cs1. The molecule has 0 bridgehead atoms. The Kier molecular flexibility index (Phi) is 4.53. The smallest absolute Gasteiger partial charge is 0.259 e. The minimum Gasteiger partial charge on any atom is -0.453 e. The third-order valence-electron chi connectivity index (χ3n) is 4.58. The number of thiazole rings is 1. The van der Waals surface area contributed by atoms with Crippen LogP contribution in [0.15, 0.2) is 57.2 Å². The summed E-state index contributed by atoms with van der Waals surface area (Å²) < 4.78 is 5.86. The number of benzene rings is 1. The van der Waals surface area contributed by atoms with E-state index in [2.05, 4.69) is 25.3 Å². The fourth-order valence-electron chi connectivity index (χ4n) is 3.17. The van der Waals surface area contributed by atoms with Crippen LogP contribution >= 0.6 is 11.3 Å². The number of pyridine rings is 1. The number of fused-ring (bicyclic) bond motifs is 2. The van der Waals surface area contributed by atoms with Gasteiger partial charge in [-0.2, -0.15) is 0 Å². The second kappa shape index (κ2) is 7.36. The Morgan fingerprint density at radius 3 is 2.97 bits per heavy atom. The number of furan rings is 1. The lowest BCUT2D eigenvalue weighted by atomic mass is 10.2. The predicted molar refractivity (Wildman–Crippen MR) is 117 cm³/mol. The quantitative estimate of drug-likeness (QED) is 0.398. The van der Waals surface area contributed by atoms with E-state index in [0.717, 1.165) is 11.0 Å². The van der Waals surface area contributed by atoms with Crippen molar-refractivity contribution in [2.45, 2.75) is 13.0 Å². The molecule has 8 nitrogen and oxygen atoms in total. The number of anilines is 1. The van der Waals surface area contributed by atoms with Crippen LogP contribution < -0.4 is 10.9 Å². The van der Waals surface area contributed by atoms with Crippen LogP contribution in [0.1, 0.15) is 6.92 Å². The second-order valence-electron chi connectivity index (χ2n) is 6.89. The first-order valence-electron chi connectivity index (χ1n) is 9.34. The Morgan fingerprint density at radius 2 is 2.13 bits per heavy atom. The van der Waals surface area contributed by atoms with Crippen LogP contribution in [0.2, 0.25) is 0 Å². The Labute approximate surface area is 174 Å². The summed E-state index contributed by atoms with van der Waals surface area (Å²) in [7, 11) is 0. The van der Waals surface area contributed by atoms with Gasteiger partial charge >= 0.3 is 0 Å². The molecule has 5 aromatic rings. The maximum Gasteiger partial charge on any atom is 0.259 e. The van der Waals surface area contributed by atoms with E-state index >= 15 is 0 Å². The molecule has 1 atom stereocenters. The third-order valence-corrected chi connectivity index (χ3v) is 5.38. The highest BCUT2D eigenvalue weighted by Crippen LogP contribution is 2.30. The van der Waals surface area contributed by atoms with Crippen LogP contribution in [0, 0.1) is 0 Å². The first kappa shape index (κ1) is 18.5. The van der Waals surface area contributed by atoms with Gasteiger partial charge in [-0.25, -0.2) is 9.97 Å². The summed E-state index contributed by atoms with van der Waals surface area (Å²) in [6.07, 6.45) is 1.08. The van der Waals surface area contributed by atoms with Crippen LogP contribution in [-0.2, 0) is 0 Å². The Morgan fingerprint density at radius 1 is 1.27 bits per heavy atom. The summed E-state index contributed by atoms with van der Waals surface area (Å²) in [5, 5.41) is 16.4. The van der Waals surface area contributed by atoms with Gasteiger partial charge in [-0.15, -0.1) is 11.3 Å². The highest BCUT2D eigenvalue weighted by atomic mass is 32.1. The molecule has 150 valence electrons. The Hall–Kier alpha value is -3.56. The molecule has 30 heavy (non-hydrogen) atoms. The predicted octanol–water partition coefficient (Wildman–Crippen LogP) is 3.65. The van der Waals surface area contributed by atoms with Crippen molar-refractivity contribution in [3.8, 4) is 23.0 Å². The molecular weight excluding hydrogens is 402 g/mol. The average molecular weight is 419 g/mol. The molecule has 0 fully saturated rings. The highest BCUT2D eigenvalue weighted by Gasteiger charge is 2.16. The molecule has 0 aliphatic carbocycles. The number of aliphatic hydroxyl groups excluding tert-OH is 1. The third kappa shape index (κ3) is 3.34. The number of hydrogen-bond acceptors (Lipinski definition) is 8. The molecule has 0 aliphatic rings. The maximum absolute atomic E-state index is 12.7. The van der Waals surface area contributed by atoms with Crippen molar-refractivity contribution in [1.82, 2.24) is 19.9 Å². The largest absolute Gasteiger partial charge is 0.453 e. The van der Waals surface area contributed by atoms with Gasteiger partial charge in [0.15, 0.2) is 16.7 Å². The minimum absolute atomic E-state index is 0.276. The van der Waals surface area contributed by atoms with E-state index in [1.807, 2.05) is 35.7 Å². The number of nitrogens with one attached hydrogen (secondary N) is 2. The fourth-order valence-corrected chi connectivity index (χ4v) is 3.87. The lowest BCUT2D eigenvalue weighted by Crippen LogP contribution is -2.15. The van der Waals surface area contributed by atoms with Gasteiger partial charge < -0.3 is 19.8 Å². The average Bonchev–Trinajstić information content (AvgIpc) is 3.39. The van der Waals surface area contributed by atoms with Crippen LogP contribution in [-0.4, -0.2) is 37.7 Å². The normalized spacial score (nSPS) is 12.5. The number of aromatic nitrogens is 4. The van der Waals surface area contributed by atoms with E-state index in [0.29, 0.717) is 45.6 Å². The van der Waals surface area contributed by atoms with Crippen molar-refractivity contribution < 1.29 is 9.52 Å². The molecule has 4 heterocycles. The molecule has 5 rings (SSSR count). The Bertz CT molecular complexity index is 1390. The number of aliphatic hydroxyl groups is 1. The molecule has 0 unspecified atom stereocenters. The minimum atomic E-state index is -0.486. The number of nitrogens with zero attached hydrogens (tertiary/aromatic N) is 3. The monoisotopic (exact) mass is 419 g/mol. The summed E-state index contributed by atoms with van der Waals surface area (Å²) in [6, 6.07) is 11.1. The molecule has 9 heteroatoms. The topological polar surface area (TPSA) is 117 Å². The molecular formula is C21H17N5O3S. The molecule has 1 aromatic carbocycles. The van der Waals surface area contributed by atoms with E-state index < -0.39 is 6.10 Å². The number of hydrogen-bond donors (Lipinski definition) is 3. The van der Waals surface area contributed by atoms with Crippen molar-refractivity contribution in [1.29, 1.82) is 0 Å². The summed E-state index contributed by atoms with van der Waals surface area (Å²) in [4.78, 5) is 29.1. The zero-order valence-corrected chi connectivity index (χ0v) is 16.7.